The standard InChI is InChI=1S/C33H46N2O6S/c1-7-16-35(8-2)33(4,5)21-34-27(36)15-17-40-20-24-12-10-23(11-13-24)18-26-19-25(14-9-22(26)3)31-29(38)28(37)30(39)32(41-31)42-6/h1,9-14,19,28-32,37-39H,8,15-18,20-21H2,2-6H3,(H,34,36)/t28-,29-,30+,31+,32-/m1/s1. The molecule has 1 amide bonds. The minimum atomic E-state index is -1.28. The first-order valence-electron chi connectivity index (χ1n) is 14.4. The predicted molar refractivity (Wildman–Crippen MR) is 167 cm³/mol. The summed E-state index contributed by atoms with van der Waals surface area (Å²) in [7, 11) is 0. The molecule has 0 saturated carbocycles. The third kappa shape index (κ3) is 9.04. The number of likely N-dealkylation sites (N-methyl/N-ethyl adjacent to an activating group) is 1. The van der Waals surface area contributed by atoms with Crippen molar-refractivity contribution in [2.45, 2.75) is 82.5 Å². The highest BCUT2D eigenvalue weighted by Crippen LogP contribution is 2.36. The number of rotatable bonds is 14. The fourth-order valence-electron chi connectivity index (χ4n) is 5.08. The van der Waals surface area contributed by atoms with Crippen LogP contribution in [0.3, 0.4) is 0 Å². The van der Waals surface area contributed by atoms with E-state index in [0.29, 0.717) is 32.7 Å². The monoisotopic (exact) mass is 598 g/mol. The van der Waals surface area contributed by atoms with E-state index in [2.05, 4.69) is 49.0 Å². The van der Waals surface area contributed by atoms with Gasteiger partial charge in [-0.25, -0.2) is 0 Å². The minimum absolute atomic E-state index is 0.0476. The third-order valence-electron chi connectivity index (χ3n) is 7.90. The highest BCUT2D eigenvalue weighted by Gasteiger charge is 2.44. The van der Waals surface area contributed by atoms with Gasteiger partial charge in [-0.3, -0.25) is 9.69 Å². The largest absolute Gasteiger partial charge is 0.387 e. The molecule has 1 fully saturated rings. The smallest absolute Gasteiger partial charge is 0.222 e. The Kier molecular flexibility index (Phi) is 12.9. The second kappa shape index (κ2) is 15.9. The molecule has 3 rings (SSSR count). The molecule has 0 aromatic heterocycles. The molecule has 0 bridgehead atoms. The van der Waals surface area contributed by atoms with Crippen LogP contribution in [0.5, 0.6) is 0 Å². The van der Waals surface area contributed by atoms with Gasteiger partial charge in [-0.05, 0) is 67.8 Å². The predicted octanol–water partition coefficient (Wildman–Crippen LogP) is 3.19. The Morgan fingerprint density at radius 1 is 1.12 bits per heavy atom. The van der Waals surface area contributed by atoms with E-state index in [1.807, 2.05) is 37.3 Å². The van der Waals surface area contributed by atoms with Crippen molar-refractivity contribution >= 4 is 17.7 Å². The molecule has 42 heavy (non-hydrogen) atoms. The summed E-state index contributed by atoms with van der Waals surface area (Å²) in [6.45, 7) is 10.9. The fourth-order valence-corrected chi connectivity index (χ4v) is 5.76. The zero-order valence-electron chi connectivity index (χ0n) is 25.4. The summed E-state index contributed by atoms with van der Waals surface area (Å²) in [5.41, 5.74) is 4.25. The quantitative estimate of drug-likeness (QED) is 0.194. The zero-order chi connectivity index (χ0) is 30.9. The number of hydrogen-bond donors (Lipinski definition) is 4. The summed E-state index contributed by atoms with van der Waals surface area (Å²) in [6.07, 6.45) is 3.86. The maximum atomic E-state index is 12.3. The first kappa shape index (κ1) is 34.1. The molecule has 0 aliphatic carbocycles. The number of thioether (sulfide) groups is 1. The number of carbonyl (C=O) groups excluding carboxylic acids is 1. The van der Waals surface area contributed by atoms with Gasteiger partial charge in [0.25, 0.3) is 0 Å². The van der Waals surface area contributed by atoms with Crippen LogP contribution in [0.15, 0.2) is 42.5 Å². The Bertz CT molecular complexity index is 1200. The molecule has 5 atom stereocenters. The van der Waals surface area contributed by atoms with Crippen molar-refractivity contribution in [3.05, 3.63) is 70.3 Å². The number of nitrogens with zero attached hydrogens (tertiary/aromatic N) is 1. The first-order chi connectivity index (χ1) is 20.0. The van der Waals surface area contributed by atoms with Crippen molar-refractivity contribution in [2.75, 3.05) is 32.5 Å². The highest BCUT2D eigenvalue weighted by atomic mass is 32.2. The van der Waals surface area contributed by atoms with Gasteiger partial charge in [0.05, 0.1) is 19.8 Å². The van der Waals surface area contributed by atoms with Crippen LogP contribution in [0.25, 0.3) is 0 Å². The van der Waals surface area contributed by atoms with E-state index in [0.717, 1.165) is 34.4 Å². The summed E-state index contributed by atoms with van der Waals surface area (Å²) in [6, 6.07) is 14.1. The van der Waals surface area contributed by atoms with E-state index in [1.165, 1.54) is 11.8 Å². The van der Waals surface area contributed by atoms with Crippen LogP contribution in [0, 0.1) is 19.3 Å². The SMILES string of the molecule is C#CCN(CC)C(C)(C)CNC(=O)CCOCc1ccc(Cc2cc([C@@H]3O[C@H](SC)[C@@H](O)[C@H](O)[C@H]3O)ccc2C)cc1. The Morgan fingerprint density at radius 3 is 2.45 bits per heavy atom. The van der Waals surface area contributed by atoms with Crippen LogP contribution >= 0.6 is 11.8 Å². The van der Waals surface area contributed by atoms with E-state index in [1.54, 1.807) is 6.26 Å². The Labute approximate surface area is 254 Å². The van der Waals surface area contributed by atoms with Crippen LogP contribution in [-0.4, -0.2) is 87.9 Å². The van der Waals surface area contributed by atoms with Gasteiger partial charge in [-0.1, -0.05) is 55.3 Å². The molecule has 1 aliphatic heterocycles. The number of ether oxygens (including phenoxy) is 2. The van der Waals surface area contributed by atoms with E-state index in [-0.39, 0.29) is 17.9 Å². The molecule has 1 aliphatic rings. The minimum Gasteiger partial charge on any atom is -0.387 e. The van der Waals surface area contributed by atoms with Gasteiger partial charge in [-0.2, -0.15) is 0 Å². The molecular weight excluding hydrogens is 552 g/mol. The lowest BCUT2D eigenvalue weighted by molar-refractivity contribution is -0.200. The van der Waals surface area contributed by atoms with Crippen molar-refractivity contribution < 1.29 is 29.6 Å². The molecule has 2 aromatic rings. The van der Waals surface area contributed by atoms with E-state index in [4.69, 9.17) is 15.9 Å². The first-order valence-corrected chi connectivity index (χ1v) is 15.7. The molecule has 4 N–H and O–H groups in total. The fraction of sp³-hybridized carbons (Fsp3) is 0.545. The second-order valence-electron chi connectivity index (χ2n) is 11.4. The second-order valence-corrected chi connectivity index (χ2v) is 12.4. The van der Waals surface area contributed by atoms with Gasteiger partial charge in [-0.15, -0.1) is 18.2 Å². The lowest BCUT2D eigenvalue weighted by atomic mass is 9.91. The van der Waals surface area contributed by atoms with Crippen LogP contribution in [0.4, 0.5) is 0 Å². The van der Waals surface area contributed by atoms with Crippen LogP contribution in [0.1, 0.15) is 61.1 Å². The third-order valence-corrected chi connectivity index (χ3v) is 8.76. The maximum absolute atomic E-state index is 12.3. The molecule has 1 heterocycles. The molecule has 8 nitrogen and oxygen atoms in total. The zero-order valence-corrected chi connectivity index (χ0v) is 26.2. The maximum Gasteiger partial charge on any atom is 0.222 e. The van der Waals surface area contributed by atoms with E-state index in [9.17, 15) is 20.1 Å². The number of benzene rings is 2. The van der Waals surface area contributed by atoms with Crippen molar-refractivity contribution in [1.82, 2.24) is 10.2 Å². The number of hydrogen-bond acceptors (Lipinski definition) is 8. The topological polar surface area (TPSA) is 111 Å². The van der Waals surface area contributed by atoms with E-state index >= 15 is 0 Å². The normalized spacial score (nSPS) is 22.6. The van der Waals surface area contributed by atoms with Crippen molar-refractivity contribution in [3.63, 3.8) is 0 Å². The van der Waals surface area contributed by atoms with Crippen molar-refractivity contribution in [3.8, 4) is 12.3 Å². The number of aliphatic hydroxyl groups is 3. The molecule has 0 radical (unpaired) electrons. The molecule has 0 unspecified atom stereocenters. The summed E-state index contributed by atoms with van der Waals surface area (Å²) in [4.78, 5) is 14.5. The number of aryl methyl sites for hydroxylation is 1. The average Bonchev–Trinajstić information content (AvgIpc) is 2.98. The number of amides is 1. The van der Waals surface area contributed by atoms with Gasteiger partial charge < -0.3 is 30.1 Å². The molecule has 0 spiro atoms. The Hall–Kier alpha value is -2.42. The lowest BCUT2D eigenvalue weighted by Crippen LogP contribution is -2.52. The summed E-state index contributed by atoms with van der Waals surface area (Å²) in [5.74, 6) is 2.63. The van der Waals surface area contributed by atoms with Crippen molar-refractivity contribution in [1.29, 1.82) is 0 Å². The average molecular weight is 599 g/mol. The summed E-state index contributed by atoms with van der Waals surface area (Å²) < 4.78 is 11.7. The number of terminal acetylenes is 1. The van der Waals surface area contributed by atoms with Gasteiger partial charge in [0.15, 0.2) is 0 Å². The Balaban J connectivity index is 1.49. The van der Waals surface area contributed by atoms with Crippen LogP contribution in [0.2, 0.25) is 0 Å². The molecule has 9 heteroatoms. The van der Waals surface area contributed by atoms with Gasteiger partial charge >= 0.3 is 0 Å². The molecule has 230 valence electrons. The summed E-state index contributed by atoms with van der Waals surface area (Å²) >= 11 is 1.30. The van der Waals surface area contributed by atoms with E-state index < -0.39 is 29.9 Å². The van der Waals surface area contributed by atoms with Crippen LogP contribution < -0.4 is 5.32 Å². The van der Waals surface area contributed by atoms with Gasteiger partial charge in [0.1, 0.15) is 29.9 Å². The Morgan fingerprint density at radius 2 is 1.81 bits per heavy atom. The highest BCUT2D eigenvalue weighted by molar-refractivity contribution is 7.99. The van der Waals surface area contributed by atoms with Crippen molar-refractivity contribution in [2.24, 2.45) is 0 Å². The molecule has 2 aromatic carbocycles. The molecule has 1 saturated heterocycles. The summed E-state index contributed by atoms with van der Waals surface area (Å²) in [5, 5.41) is 34.1. The van der Waals surface area contributed by atoms with Gasteiger partial charge in [0, 0.05) is 18.5 Å². The number of aliphatic hydroxyl groups excluding tert-OH is 3. The lowest BCUT2D eigenvalue weighted by Gasteiger charge is -2.40. The number of nitrogens with one attached hydrogen (secondary N) is 1. The molecular formula is C33H46N2O6S. The van der Waals surface area contributed by atoms with Gasteiger partial charge in [0.2, 0.25) is 5.91 Å². The number of carbonyl (C=O) groups is 1. The van der Waals surface area contributed by atoms with Crippen LogP contribution in [-0.2, 0) is 27.3 Å².